The van der Waals surface area contributed by atoms with Crippen LogP contribution in [0.2, 0.25) is 5.02 Å². The Morgan fingerprint density at radius 2 is 1.91 bits per heavy atom. The minimum atomic E-state index is -3.83. The summed E-state index contributed by atoms with van der Waals surface area (Å²) in [6, 6.07) is 15.9. The number of pyridine rings is 1. The van der Waals surface area contributed by atoms with Gasteiger partial charge in [-0.2, -0.15) is 4.31 Å². The summed E-state index contributed by atoms with van der Waals surface area (Å²) in [5, 5.41) is 1.13. The fraction of sp³-hybridized carbons (Fsp3) is 0.304. The molecule has 0 saturated carbocycles. The zero-order valence-electron chi connectivity index (χ0n) is 17.8. The number of nitrogens with zero attached hydrogens (tertiary/aromatic N) is 3. The van der Waals surface area contributed by atoms with E-state index in [1.807, 2.05) is 44.2 Å². The van der Waals surface area contributed by atoms with Crippen molar-refractivity contribution in [2.75, 3.05) is 18.8 Å². The van der Waals surface area contributed by atoms with Gasteiger partial charge in [0.05, 0.1) is 11.3 Å². The lowest BCUT2D eigenvalue weighted by Crippen LogP contribution is -2.43. The highest BCUT2D eigenvalue weighted by molar-refractivity contribution is 8.00. The maximum Gasteiger partial charge on any atom is 0.245 e. The van der Waals surface area contributed by atoms with E-state index in [1.165, 1.54) is 16.1 Å². The molecule has 6 nitrogen and oxygen atoms in total. The van der Waals surface area contributed by atoms with E-state index in [4.69, 9.17) is 11.6 Å². The second kappa shape index (κ2) is 9.39. The molecular formula is C23H24ClN3O3S2. The zero-order valence-corrected chi connectivity index (χ0v) is 20.2. The lowest BCUT2D eigenvalue weighted by atomic mass is 10.2. The molecule has 4 rings (SSSR count). The molecule has 168 valence electrons. The molecule has 0 bridgehead atoms. The summed E-state index contributed by atoms with van der Waals surface area (Å²) >= 11 is 7.88. The normalized spacial score (nSPS) is 17.1. The summed E-state index contributed by atoms with van der Waals surface area (Å²) in [4.78, 5) is 18.8. The smallest absolute Gasteiger partial charge is 0.245 e. The number of benzene rings is 2. The van der Waals surface area contributed by atoms with Crippen molar-refractivity contribution in [3.05, 3.63) is 71.4 Å². The highest BCUT2D eigenvalue weighted by Gasteiger charge is 2.36. The van der Waals surface area contributed by atoms with Crippen molar-refractivity contribution in [1.29, 1.82) is 0 Å². The fourth-order valence-corrected chi connectivity index (χ4v) is 7.26. The number of amides is 1. The van der Waals surface area contributed by atoms with Gasteiger partial charge in [-0.3, -0.25) is 9.78 Å². The minimum Gasteiger partial charge on any atom is -0.324 e. The number of sulfonamides is 1. The first-order valence-electron chi connectivity index (χ1n) is 10.3. The molecule has 0 radical (unpaired) electrons. The molecule has 3 aromatic rings. The highest BCUT2D eigenvalue weighted by Crippen LogP contribution is 2.41. The molecule has 0 N–H and O–H groups in total. The minimum absolute atomic E-state index is 0.0205. The number of fused-ring (bicyclic) bond motifs is 1. The van der Waals surface area contributed by atoms with Gasteiger partial charge >= 0.3 is 0 Å². The van der Waals surface area contributed by atoms with Crippen LogP contribution in [0.4, 0.5) is 0 Å². The topological polar surface area (TPSA) is 70.6 Å². The van der Waals surface area contributed by atoms with Gasteiger partial charge in [0.2, 0.25) is 15.9 Å². The third-order valence-corrected chi connectivity index (χ3v) is 9.15. The Morgan fingerprint density at radius 3 is 2.66 bits per heavy atom. The first kappa shape index (κ1) is 23.0. The Bertz CT molecular complexity index is 1240. The number of hydrogen-bond donors (Lipinski definition) is 0. The molecule has 9 heteroatoms. The number of halogens is 1. The molecule has 2 aromatic carbocycles. The van der Waals surface area contributed by atoms with E-state index >= 15 is 0 Å². The molecule has 1 aromatic heterocycles. The van der Waals surface area contributed by atoms with Gasteiger partial charge in [-0.05, 0) is 32.0 Å². The number of hydrogen-bond acceptors (Lipinski definition) is 5. The van der Waals surface area contributed by atoms with E-state index in [9.17, 15) is 13.2 Å². The summed E-state index contributed by atoms with van der Waals surface area (Å²) in [6.07, 6.45) is 1.59. The molecule has 2 heterocycles. The molecule has 1 amide bonds. The van der Waals surface area contributed by atoms with Gasteiger partial charge < -0.3 is 4.90 Å². The molecular weight excluding hydrogens is 466 g/mol. The Morgan fingerprint density at radius 1 is 1.16 bits per heavy atom. The standard InChI is InChI=1S/C23H24ClN3O3S2/c1-16(2)27(32(29,30)20-11-5-7-17-8-6-12-25-22(17)20)14-13-26-21(28)15-31-23(26)18-9-3-4-10-19(18)24/h3-12,16,23H,13-15H2,1-2H3. The molecule has 0 spiro atoms. The quantitative estimate of drug-likeness (QED) is 0.486. The Labute approximate surface area is 197 Å². The first-order valence-corrected chi connectivity index (χ1v) is 13.2. The van der Waals surface area contributed by atoms with Crippen molar-refractivity contribution < 1.29 is 13.2 Å². The summed E-state index contributed by atoms with van der Waals surface area (Å²) in [5.74, 6) is 0.324. The third kappa shape index (κ3) is 4.37. The number of carbonyl (C=O) groups excluding carboxylic acids is 1. The maximum absolute atomic E-state index is 13.6. The number of thioether (sulfide) groups is 1. The molecule has 1 fully saturated rings. The van der Waals surface area contributed by atoms with E-state index in [-0.39, 0.29) is 35.3 Å². The van der Waals surface area contributed by atoms with Gasteiger partial charge in [-0.1, -0.05) is 48.0 Å². The van der Waals surface area contributed by atoms with E-state index in [2.05, 4.69) is 4.98 Å². The molecule has 32 heavy (non-hydrogen) atoms. The second-order valence-electron chi connectivity index (χ2n) is 7.81. The van der Waals surface area contributed by atoms with Crippen LogP contribution in [0.1, 0.15) is 24.8 Å². The number of aromatic nitrogens is 1. The van der Waals surface area contributed by atoms with Crippen molar-refractivity contribution in [2.45, 2.75) is 30.2 Å². The van der Waals surface area contributed by atoms with Gasteiger partial charge in [0.1, 0.15) is 10.3 Å². The number of rotatable bonds is 7. The Kier molecular flexibility index (Phi) is 6.76. The van der Waals surface area contributed by atoms with Crippen LogP contribution in [0.5, 0.6) is 0 Å². The monoisotopic (exact) mass is 489 g/mol. The SMILES string of the molecule is CC(C)N(CCN1C(=O)CSC1c1ccccc1Cl)S(=O)(=O)c1cccc2cccnc12. The second-order valence-corrected chi connectivity index (χ2v) is 11.1. The first-order chi connectivity index (χ1) is 15.3. The molecule has 1 aliphatic heterocycles. The fourth-order valence-electron chi connectivity index (χ4n) is 3.90. The molecule has 1 unspecified atom stereocenters. The number of para-hydroxylation sites is 1. The van der Waals surface area contributed by atoms with Crippen LogP contribution >= 0.6 is 23.4 Å². The lowest BCUT2D eigenvalue weighted by Gasteiger charge is -2.30. The molecule has 1 atom stereocenters. The number of carbonyl (C=O) groups is 1. The highest BCUT2D eigenvalue weighted by atomic mass is 35.5. The van der Waals surface area contributed by atoms with Gasteiger partial charge in [-0.15, -0.1) is 11.8 Å². The molecule has 1 saturated heterocycles. The van der Waals surface area contributed by atoms with E-state index < -0.39 is 10.0 Å². The van der Waals surface area contributed by atoms with Crippen molar-refractivity contribution >= 4 is 50.2 Å². The van der Waals surface area contributed by atoms with Crippen LogP contribution in [-0.2, 0) is 14.8 Å². The van der Waals surface area contributed by atoms with Crippen LogP contribution in [0.15, 0.2) is 65.7 Å². The van der Waals surface area contributed by atoms with E-state index in [0.29, 0.717) is 16.3 Å². The largest absolute Gasteiger partial charge is 0.324 e. The van der Waals surface area contributed by atoms with E-state index in [0.717, 1.165) is 10.9 Å². The van der Waals surface area contributed by atoms with Crippen molar-refractivity contribution in [2.24, 2.45) is 0 Å². The summed E-state index contributed by atoms with van der Waals surface area (Å²) in [7, 11) is -3.83. The summed E-state index contributed by atoms with van der Waals surface area (Å²) in [6.45, 7) is 4.12. The van der Waals surface area contributed by atoms with Crippen molar-refractivity contribution in [1.82, 2.24) is 14.2 Å². The van der Waals surface area contributed by atoms with Crippen LogP contribution < -0.4 is 0 Å². The van der Waals surface area contributed by atoms with Crippen molar-refractivity contribution in [3.63, 3.8) is 0 Å². The van der Waals surface area contributed by atoms with Gasteiger partial charge in [-0.25, -0.2) is 8.42 Å². The van der Waals surface area contributed by atoms with Crippen LogP contribution in [-0.4, -0.2) is 53.4 Å². The predicted octanol–water partition coefficient (Wildman–Crippen LogP) is 4.56. The van der Waals surface area contributed by atoms with Gasteiger partial charge in [0.15, 0.2) is 0 Å². The molecule has 0 aliphatic carbocycles. The van der Waals surface area contributed by atoms with E-state index in [1.54, 1.807) is 35.4 Å². The van der Waals surface area contributed by atoms with Crippen LogP contribution in [0.25, 0.3) is 10.9 Å². The Hall–Kier alpha value is -2.13. The molecule has 1 aliphatic rings. The average molecular weight is 490 g/mol. The van der Waals surface area contributed by atoms with Crippen molar-refractivity contribution in [3.8, 4) is 0 Å². The van der Waals surface area contributed by atoms with Crippen LogP contribution in [0.3, 0.4) is 0 Å². The lowest BCUT2D eigenvalue weighted by molar-refractivity contribution is -0.128. The predicted molar refractivity (Wildman–Crippen MR) is 129 cm³/mol. The van der Waals surface area contributed by atoms with Gasteiger partial charge in [0.25, 0.3) is 0 Å². The maximum atomic E-state index is 13.6. The summed E-state index contributed by atoms with van der Waals surface area (Å²) in [5.41, 5.74) is 1.31. The Balaban J connectivity index is 1.62. The zero-order chi connectivity index (χ0) is 22.9. The third-order valence-electron chi connectivity index (χ3n) is 5.46. The van der Waals surface area contributed by atoms with Crippen LogP contribution in [0, 0.1) is 0 Å². The van der Waals surface area contributed by atoms with Gasteiger partial charge in [0, 0.05) is 41.3 Å². The summed E-state index contributed by atoms with van der Waals surface area (Å²) < 4.78 is 28.7. The average Bonchev–Trinajstić information content (AvgIpc) is 3.13.